The molecule has 0 radical (unpaired) electrons. The van der Waals surface area contributed by atoms with Gasteiger partial charge in [0.25, 0.3) is 0 Å². The lowest BCUT2D eigenvalue weighted by Crippen LogP contribution is -2.31. The van der Waals surface area contributed by atoms with E-state index in [4.69, 9.17) is 20.9 Å². The number of amides is 1. The van der Waals surface area contributed by atoms with Crippen LogP contribution in [0.2, 0.25) is 0 Å². The van der Waals surface area contributed by atoms with Gasteiger partial charge in [-0.25, -0.2) is 24.9 Å². The van der Waals surface area contributed by atoms with E-state index in [-0.39, 0.29) is 48.4 Å². The van der Waals surface area contributed by atoms with E-state index in [2.05, 4.69) is 24.9 Å². The number of hydrogen-bond acceptors (Lipinski definition) is 10. The van der Waals surface area contributed by atoms with Gasteiger partial charge in [0.2, 0.25) is 17.7 Å². The minimum atomic E-state index is -4.54. The number of nitrogens with two attached hydrogens (primary N) is 1. The lowest BCUT2D eigenvalue weighted by molar-refractivity contribution is -0.115. The van der Waals surface area contributed by atoms with Crippen LogP contribution in [0.15, 0.2) is 65.3 Å². The zero-order valence-corrected chi connectivity index (χ0v) is 28.1. The number of nitrogens with zero attached hydrogens (tertiary/aromatic N) is 7. The predicted octanol–water partition coefficient (Wildman–Crippen LogP) is 6.22. The molecule has 0 unspecified atom stereocenters. The summed E-state index contributed by atoms with van der Waals surface area (Å²) >= 11 is 0. The second-order valence-corrected chi connectivity index (χ2v) is 12.9. The van der Waals surface area contributed by atoms with E-state index >= 15 is 0 Å². The Bertz CT molecular complexity index is 1800. The van der Waals surface area contributed by atoms with Crippen LogP contribution in [0.1, 0.15) is 69.7 Å². The summed E-state index contributed by atoms with van der Waals surface area (Å²) < 4.78 is 46.6. The quantitative estimate of drug-likeness (QED) is 0.160. The molecule has 2 aromatic heterocycles. The summed E-state index contributed by atoms with van der Waals surface area (Å²) in [4.78, 5) is 40.2. The fraction of sp³-hybridized carbons (Fsp3) is 0.429. The van der Waals surface area contributed by atoms with Crippen LogP contribution in [0.3, 0.4) is 0 Å². The van der Waals surface area contributed by atoms with Crippen LogP contribution >= 0.6 is 0 Å². The van der Waals surface area contributed by atoms with Gasteiger partial charge in [-0.05, 0) is 60.3 Å². The van der Waals surface area contributed by atoms with E-state index in [0.717, 1.165) is 24.1 Å². The van der Waals surface area contributed by atoms with Crippen molar-refractivity contribution in [3.8, 4) is 17.3 Å². The summed E-state index contributed by atoms with van der Waals surface area (Å²) in [5.74, 6) is 0.0678. The van der Waals surface area contributed by atoms with E-state index in [1.54, 1.807) is 17.0 Å². The van der Waals surface area contributed by atoms with Crippen LogP contribution in [0, 0.1) is 23.2 Å². The van der Waals surface area contributed by atoms with Gasteiger partial charge < -0.3 is 20.8 Å². The van der Waals surface area contributed by atoms with E-state index in [9.17, 15) is 18.0 Å². The highest BCUT2D eigenvalue weighted by Crippen LogP contribution is 2.45. The molecule has 1 aromatic carbocycles. The molecule has 0 spiro atoms. The molecule has 3 aromatic rings. The van der Waals surface area contributed by atoms with E-state index in [1.807, 2.05) is 39.8 Å². The van der Waals surface area contributed by atoms with Crippen molar-refractivity contribution in [1.29, 1.82) is 5.41 Å². The Hall–Kier alpha value is -5.01. The standard InChI is InChI=1S/C35H40F3N9O2/c1-19(2)24-12-27(45-28(13-24)35(36,37)38)22-8-6-21(7-9-22)15-47(16-25(39)14-26(20(3)4)31(40)48)34-44-18-42-32(46-34)29-30(23-10-11-23)41-17-43-33(29)49-5/h6-9,13-14,17-20,23-24,39H,10-12,15-16H2,1-5H3,(H2,40,48)/b26-14-,39-25?/t24-/m0/s1. The lowest BCUT2D eigenvalue weighted by atomic mass is 9.85. The van der Waals surface area contributed by atoms with Crippen molar-refractivity contribution in [2.75, 3.05) is 18.6 Å². The average Bonchev–Trinajstić information content (AvgIpc) is 3.92. The number of rotatable bonds is 13. The third-order valence-corrected chi connectivity index (χ3v) is 8.53. The van der Waals surface area contributed by atoms with Crippen molar-refractivity contribution in [2.24, 2.45) is 28.5 Å². The normalized spacial score (nSPS) is 16.8. The number of alkyl halides is 3. The monoisotopic (exact) mass is 675 g/mol. The molecular formula is C35H40F3N9O2. The smallest absolute Gasteiger partial charge is 0.433 e. The van der Waals surface area contributed by atoms with Crippen molar-refractivity contribution in [3.05, 3.63) is 77.2 Å². The lowest BCUT2D eigenvalue weighted by Gasteiger charge is -2.25. The average molecular weight is 676 g/mol. The van der Waals surface area contributed by atoms with Crippen LogP contribution in [0.5, 0.6) is 5.88 Å². The highest BCUT2D eigenvalue weighted by Gasteiger charge is 2.37. The molecule has 5 rings (SSSR count). The van der Waals surface area contributed by atoms with E-state index < -0.39 is 17.8 Å². The Kier molecular flexibility index (Phi) is 10.5. The third kappa shape index (κ3) is 8.54. The number of hydrogen-bond donors (Lipinski definition) is 2. The first-order valence-corrected chi connectivity index (χ1v) is 16.1. The van der Waals surface area contributed by atoms with Gasteiger partial charge in [0.1, 0.15) is 23.9 Å². The summed E-state index contributed by atoms with van der Waals surface area (Å²) in [6, 6.07) is 7.13. The van der Waals surface area contributed by atoms with Crippen molar-refractivity contribution in [3.63, 3.8) is 0 Å². The molecule has 258 valence electrons. The van der Waals surface area contributed by atoms with Gasteiger partial charge in [0.05, 0.1) is 25.1 Å². The SMILES string of the molecule is COc1ncnc(C2CC2)c1-c1ncnc(N(CC(=N)/C=C(\C(N)=O)C(C)C)Cc2ccc(C3=NC(C(F)(F)F)=C[C@@H](C(C)C)C3)cc2)n1. The molecule has 0 saturated heterocycles. The van der Waals surface area contributed by atoms with Crippen molar-refractivity contribution >= 4 is 23.3 Å². The van der Waals surface area contributed by atoms with Crippen LogP contribution in [-0.4, -0.2) is 62.1 Å². The molecule has 1 atom stereocenters. The fourth-order valence-electron chi connectivity index (χ4n) is 5.64. The number of halogens is 3. The molecule has 14 heteroatoms. The first kappa shape index (κ1) is 35.3. The molecular weight excluding hydrogens is 635 g/mol. The summed E-state index contributed by atoms with van der Waals surface area (Å²) in [5.41, 5.74) is 8.25. The topological polar surface area (TPSA) is 156 Å². The minimum Gasteiger partial charge on any atom is -0.480 e. The summed E-state index contributed by atoms with van der Waals surface area (Å²) in [6.07, 6.45) is 3.32. The van der Waals surface area contributed by atoms with E-state index in [1.165, 1.54) is 31.9 Å². The van der Waals surface area contributed by atoms with Gasteiger partial charge in [-0.2, -0.15) is 18.2 Å². The van der Waals surface area contributed by atoms with Gasteiger partial charge >= 0.3 is 6.18 Å². The maximum absolute atomic E-state index is 13.7. The van der Waals surface area contributed by atoms with Crippen LogP contribution in [0.25, 0.3) is 11.4 Å². The number of anilines is 1. The molecule has 3 N–H and O–H groups in total. The number of carbonyl (C=O) groups is 1. The number of primary amides is 1. The van der Waals surface area contributed by atoms with Crippen molar-refractivity contribution in [1.82, 2.24) is 24.9 Å². The molecule has 11 nitrogen and oxygen atoms in total. The number of carbonyl (C=O) groups excluding carboxylic acids is 1. The number of allylic oxidation sites excluding steroid dienone is 2. The Morgan fingerprint density at radius 2 is 1.78 bits per heavy atom. The predicted molar refractivity (Wildman–Crippen MR) is 180 cm³/mol. The minimum absolute atomic E-state index is 0.00905. The zero-order valence-electron chi connectivity index (χ0n) is 28.1. The van der Waals surface area contributed by atoms with Crippen molar-refractivity contribution in [2.45, 2.75) is 65.6 Å². The molecule has 49 heavy (non-hydrogen) atoms. The summed E-state index contributed by atoms with van der Waals surface area (Å²) in [5, 5.41) is 8.77. The van der Waals surface area contributed by atoms with Gasteiger partial charge in [-0.15, -0.1) is 0 Å². The highest BCUT2D eigenvalue weighted by molar-refractivity contribution is 6.04. The molecule has 1 saturated carbocycles. The Morgan fingerprint density at radius 1 is 1.08 bits per heavy atom. The fourth-order valence-corrected chi connectivity index (χ4v) is 5.64. The number of benzene rings is 1. The molecule has 3 heterocycles. The van der Waals surface area contributed by atoms with Crippen molar-refractivity contribution < 1.29 is 22.7 Å². The zero-order chi connectivity index (χ0) is 35.5. The number of nitrogens with one attached hydrogen (secondary N) is 1. The molecule has 1 aliphatic carbocycles. The van der Waals surface area contributed by atoms with Crippen LogP contribution in [0.4, 0.5) is 19.1 Å². The third-order valence-electron chi connectivity index (χ3n) is 8.53. The second-order valence-electron chi connectivity index (χ2n) is 12.9. The molecule has 1 aliphatic heterocycles. The van der Waals surface area contributed by atoms with Gasteiger partial charge in [0.15, 0.2) is 5.82 Å². The van der Waals surface area contributed by atoms with Gasteiger partial charge in [-0.1, -0.05) is 52.0 Å². The first-order chi connectivity index (χ1) is 23.2. The Labute approximate surface area is 283 Å². The highest BCUT2D eigenvalue weighted by atomic mass is 19.4. The number of methoxy groups -OCH3 is 1. The maximum atomic E-state index is 13.7. The Balaban J connectivity index is 1.49. The number of ether oxygens (including phenoxy) is 1. The summed E-state index contributed by atoms with van der Waals surface area (Å²) in [7, 11) is 1.52. The molecule has 1 amide bonds. The second kappa shape index (κ2) is 14.6. The van der Waals surface area contributed by atoms with E-state index in [0.29, 0.717) is 40.5 Å². The number of aromatic nitrogens is 5. The Morgan fingerprint density at radius 3 is 2.37 bits per heavy atom. The molecule has 2 aliphatic rings. The van der Waals surface area contributed by atoms with Crippen LogP contribution < -0.4 is 15.4 Å². The maximum Gasteiger partial charge on any atom is 0.433 e. The number of aliphatic imine (C=N–C) groups is 1. The molecule has 0 bridgehead atoms. The molecule has 1 fully saturated rings. The van der Waals surface area contributed by atoms with Gasteiger partial charge in [0, 0.05) is 23.7 Å². The summed E-state index contributed by atoms with van der Waals surface area (Å²) in [6.45, 7) is 7.67. The van der Waals surface area contributed by atoms with Crippen LogP contribution in [-0.2, 0) is 11.3 Å². The largest absolute Gasteiger partial charge is 0.480 e. The van der Waals surface area contributed by atoms with Gasteiger partial charge in [-0.3, -0.25) is 4.79 Å². The first-order valence-electron chi connectivity index (χ1n) is 16.1.